The summed E-state index contributed by atoms with van der Waals surface area (Å²) in [6.45, 7) is 11.0. The van der Waals surface area contributed by atoms with Crippen molar-refractivity contribution < 1.29 is 19.8 Å². The summed E-state index contributed by atoms with van der Waals surface area (Å²) in [7, 11) is 1.92. The second kappa shape index (κ2) is 17.8. The van der Waals surface area contributed by atoms with Crippen LogP contribution in [0.4, 0.5) is 0 Å². The van der Waals surface area contributed by atoms with Crippen LogP contribution in [-0.4, -0.2) is 58.1 Å². The molecule has 1 amide bonds. The van der Waals surface area contributed by atoms with Crippen molar-refractivity contribution >= 4 is 40.5 Å². The van der Waals surface area contributed by atoms with E-state index >= 15 is 0 Å². The van der Waals surface area contributed by atoms with Gasteiger partial charge in [0, 0.05) is 29.2 Å². The lowest BCUT2D eigenvalue weighted by molar-refractivity contribution is -0.149. The summed E-state index contributed by atoms with van der Waals surface area (Å²) in [5, 5.41) is 23.2. The molecule has 10 heteroatoms. The summed E-state index contributed by atoms with van der Waals surface area (Å²) in [6.07, 6.45) is 2.17. The van der Waals surface area contributed by atoms with Crippen LogP contribution in [0.3, 0.4) is 0 Å². The van der Waals surface area contributed by atoms with Crippen molar-refractivity contribution in [3.8, 4) is 0 Å². The number of benzene rings is 1. The molecule has 0 bridgehead atoms. The van der Waals surface area contributed by atoms with Gasteiger partial charge in [-0.05, 0) is 56.1 Å². The van der Waals surface area contributed by atoms with E-state index in [9.17, 15) is 19.8 Å². The minimum atomic E-state index is -1.72. The third-order valence-corrected chi connectivity index (χ3v) is 6.61. The molecular formula is C28H39ClN4O4S. The molecule has 3 atom stereocenters. The molecule has 3 unspecified atom stereocenters. The summed E-state index contributed by atoms with van der Waals surface area (Å²) >= 11 is 7.39. The van der Waals surface area contributed by atoms with Crippen molar-refractivity contribution in [1.29, 1.82) is 0 Å². The van der Waals surface area contributed by atoms with Gasteiger partial charge in [-0.3, -0.25) is 9.78 Å². The van der Waals surface area contributed by atoms with E-state index in [0.29, 0.717) is 16.6 Å². The van der Waals surface area contributed by atoms with E-state index in [2.05, 4.69) is 22.9 Å². The number of nitrogens with two attached hydrogens (primary N) is 1. The fourth-order valence-corrected chi connectivity index (χ4v) is 4.58. The largest absolute Gasteiger partial charge is 0.394 e. The lowest BCUT2D eigenvalue weighted by atomic mass is 10.0. The number of likely N-dealkylation sites (tertiary alicyclic amines) is 1. The Morgan fingerprint density at radius 2 is 2.05 bits per heavy atom. The average molecular weight is 563 g/mol. The lowest BCUT2D eigenvalue weighted by Gasteiger charge is -2.28. The number of carbonyl (C=O) groups is 2. The Morgan fingerprint density at radius 3 is 2.58 bits per heavy atom. The van der Waals surface area contributed by atoms with Crippen molar-refractivity contribution in [3.63, 3.8) is 0 Å². The average Bonchev–Trinajstić information content (AvgIpc) is 3.42. The lowest BCUT2D eigenvalue weighted by Crippen LogP contribution is -2.45. The molecule has 3 rings (SSSR count). The Bertz CT molecular complexity index is 1070. The summed E-state index contributed by atoms with van der Waals surface area (Å²) in [5.74, 6) is -0.632. The number of hydrogen-bond donors (Lipinski definition) is 4. The Morgan fingerprint density at radius 1 is 1.34 bits per heavy atom. The van der Waals surface area contributed by atoms with Gasteiger partial charge >= 0.3 is 0 Å². The van der Waals surface area contributed by atoms with Crippen molar-refractivity contribution in [2.24, 2.45) is 5.73 Å². The highest BCUT2D eigenvalue weighted by atomic mass is 35.5. The van der Waals surface area contributed by atoms with Gasteiger partial charge in [-0.2, -0.15) is 0 Å². The predicted octanol–water partition coefficient (Wildman–Crippen LogP) is 4.28. The van der Waals surface area contributed by atoms with Crippen molar-refractivity contribution in [2.45, 2.75) is 58.4 Å². The maximum atomic E-state index is 12.1. The Hall–Kier alpha value is -2.69. The van der Waals surface area contributed by atoms with Gasteiger partial charge in [0.2, 0.25) is 0 Å². The third-order valence-electron chi connectivity index (χ3n) is 5.45. The first-order valence-corrected chi connectivity index (χ1v) is 13.7. The number of allylic oxidation sites excluding steroid dienone is 1. The van der Waals surface area contributed by atoms with Gasteiger partial charge in [-0.25, -0.2) is 0 Å². The highest BCUT2D eigenvalue weighted by molar-refractivity contribution is 8.11. The number of nitrogens with one attached hydrogen (secondary N) is 1. The molecule has 1 aliphatic heterocycles. The van der Waals surface area contributed by atoms with Crippen molar-refractivity contribution in [1.82, 2.24) is 15.2 Å². The number of nitrogens with zero attached hydrogens (tertiary/aromatic N) is 2. The quantitative estimate of drug-likeness (QED) is 0.333. The number of pyridine rings is 1. The molecule has 208 valence electrons. The highest BCUT2D eigenvalue weighted by Crippen LogP contribution is 2.33. The molecule has 2 heterocycles. The van der Waals surface area contributed by atoms with Crippen LogP contribution < -0.4 is 11.1 Å². The summed E-state index contributed by atoms with van der Waals surface area (Å²) < 4.78 is 0. The van der Waals surface area contributed by atoms with Crippen LogP contribution in [0.15, 0.2) is 60.3 Å². The molecule has 1 saturated heterocycles. The fraction of sp³-hybridized carbons (Fsp3) is 0.393. The van der Waals surface area contributed by atoms with Crippen LogP contribution in [0.2, 0.25) is 5.02 Å². The molecule has 1 aliphatic rings. The van der Waals surface area contributed by atoms with Crippen LogP contribution in [0.1, 0.15) is 56.5 Å². The van der Waals surface area contributed by atoms with E-state index in [-0.39, 0.29) is 12.3 Å². The van der Waals surface area contributed by atoms with Crippen LogP contribution in [0, 0.1) is 0 Å². The Balaban J connectivity index is 0.000000365. The van der Waals surface area contributed by atoms with Crippen LogP contribution in [-0.2, 0) is 16.1 Å². The molecule has 8 nitrogen and oxygen atoms in total. The Labute approximate surface area is 235 Å². The van der Waals surface area contributed by atoms with Gasteiger partial charge in [-0.1, -0.05) is 68.1 Å². The molecule has 1 aromatic heterocycles. The smallest absolute Gasteiger partial charge is 0.255 e. The molecule has 0 saturated carbocycles. The molecule has 0 aliphatic carbocycles. The summed E-state index contributed by atoms with van der Waals surface area (Å²) in [6, 6.07) is 11.1. The first kappa shape index (κ1) is 33.3. The number of aromatic nitrogens is 1. The van der Waals surface area contributed by atoms with E-state index in [1.807, 2.05) is 52.2 Å². The number of rotatable bonds is 9. The van der Waals surface area contributed by atoms with Crippen molar-refractivity contribution in [3.05, 3.63) is 82.1 Å². The van der Waals surface area contributed by atoms with E-state index in [4.69, 9.17) is 17.3 Å². The fourth-order valence-electron chi connectivity index (χ4n) is 3.76. The maximum Gasteiger partial charge on any atom is 0.255 e. The maximum absolute atomic E-state index is 12.1. The van der Waals surface area contributed by atoms with Gasteiger partial charge in [0.1, 0.15) is 6.10 Å². The zero-order chi connectivity index (χ0) is 28.7. The van der Waals surface area contributed by atoms with Gasteiger partial charge in [0.25, 0.3) is 5.91 Å². The summed E-state index contributed by atoms with van der Waals surface area (Å²) in [5.41, 5.74) is 8.55. The van der Waals surface area contributed by atoms with E-state index in [0.717, 1.165) is 35.5 Å². The van der Waals surface area contributed by atoms with Crippen molar-refractivity contribution in [2.75, 3.05) is 13.6 Å². The Kier molecular flexibility index (Phi) is 15.6. The van der Waals surface area contributed by atoms with E-state index in [1.54, 1.807) is 18.2 Å². The first-order valence-electron chi connectivity index (χ1n) is 12.5. The molecule has 38 heavy (non-hydrogen) atoms. The number of aliphatic hydroxyl groups excluding tert-OH is 2. The second-order valence-corrected chi connectivity index (χ2v) is 9.72. The number of halogens is 1. The molecule has 1 aromatic carbocycles. The normalized spacial score (nSPS) is 16.3. The third kappa shape index (κ3) is 10.2. The minimum Gasteiger partial charge on any atom is -0.394 e. The predicted molar refractivity (Wildman–Crippen MR) is 156 cm³/mol. The zero-order valence-corrected chi connectivity index (χ0v) is 24.0. The topological polar surface area (TPSA) is 129 Å². The standard InChI is InChI=1S/C14H16ClNO4.C12H17N3S.C2H6/c15-10-4-1-3-9(7-10)11-5-2-6-16(11)14(20)13(19)12(18)8-17;1-4-12(16-9(2)13)11-6-5-10(7-14-3)8-15-11;1-2/h1,3-4,7-8,11-13,18-19H,2,5-6H2;4-6,8,14H,2,7,13H2,1,3H3;1-2H3/b;12-4-;. The van der Waals surface area contributed by atoms with Gasteiger partial charge < -0.3 is 31.0 Å². The number of aliphatic hydroxyl groups is 2. The van der Waals surface area contributed by atoms with Gasteiger partial charge in [0.15, 0.2) is 12.4 Å². The monoisotopic (exact) mass is 562 g/mol. The molecular weight excluding hydrogens is 524 g/mol. The van der Waals surface area contributed by atoms with Crippen LogP contribution in [0.5, 0.6) is 0 Å². The summed E-state index contributed by atoms with van der Waals surface area (Å²) in [4.78, 5) is 29.5. The molecule has 5 N–H and O–H groups in total. The molecule has 0 spiro atoms. The molecule has 1 fully saturated rings. The first-order chi connectivity index (χ1) is 18.2. The van der Waals surface area contributed by atoms with E-state index < -0.39 is 18.1 Å². The molecule has 2 aromatic rings. The highest BCUT2D eigenvalue weighted by Gasteiger charge is 2.36. The van der Waals surface area contributed by atoms with Gasteiger partial charge in [0.05, 0.1) is 16.8 Å². The number of hydrogen-bond acceptors (Lipinski definition) is 8. The molecule has 0 radical (unpaired) electrons. The van der Waals surface area contributed by atoms with Crippen LogP contribution >= 0.6 is 23.4 Å². The van der Waals surface area contributed by atoms with Crippen LogP contribution in [0.25, 0.3) is 4.91 Å². The SMILES string of the molecule is C=C(N)S/C(=C\C)c1ccc(CNC)cn1.CC.O=CC(O)C(O)C(=O)N1CCCC1c1cccc(Cl)c1. The minimum absolute atomic E-state index is 0.160. The number of thioether (sulfide) groups is 1. The van der Waals surface area contributed by atoms with Gasteiger partial charge in [-0.15, -0.1) is 0 Å². The second-order valence-electron chi connectivity index (χ2n) is 8.12. The number of amides is 1. The number of carbonyl (C=O) groups excluding carboxylic acids is 2. The zero-order valence-electron chi connectivity index (χ0n) is 22.4. The number of aldehydes is 1. The van der Waals surface area contributed by atoms with E-state index in [1.165, 1.54) is 22.2 Å².